The number of hydrogen-bond acceptors (Lipinski definition) is 3. The summed E-state index contributed by atoms with van der Waals surface area (Å²) < 4.78 is 5.84. The molecule has 0 bridgehead atoms. The summed E-state index contributed by atoms with van der Waals surface area (Å²) in [5.74, 6) is 0.905. The molecule has 2 N–H and O–H groups in total. The number of aliphatic imine (C=N–C) groups is 1. The fourth-order valence-electron chi connectivity index (χ4n) is 3.63. The molecule has 0 radical (unpaired) electrons. The van der Waals surface area contributed by atoms with Gasteiger partial charge in [-0.15, -0.1) is 0 Å². The molecule has 2 unspecified atom stereocenters. The first kappa shape index (κ1) is 18.5. The van der Waals surface area contributed by atoms with E-state index < -0.39 is 0 Å². The van der Waals surface area contributed by atoms with Crippen LogP contribution in [0.3, 0.4) is 0 Å². The highest BCUT2D eigenvalue weighted by molar-refractivity contribution is 5.79. The Hall–Kier alpha value is -0.810. The van der Waals surface area contributed by atoms with Crippen LogP contribution >= 0.6 is 0 Å². The van der Waals surface area contributed by atoms with Gasteiger partial charge in [0.15, 0.2) is 5.96 Å². The monoisotopic (exact) mass is 324 g/mol. The molecule has 2 aliphatic rings. The Labute approximate surface area is 142 Å². The molecule has 23 heavy (non-hydrogen) atoms. The lowest BCUT2D eigenvalue weighted by Gasteiger charge is -2.36. The van der Waals surface area contributed by atoms with Gasteiger partial charge in [0.1, 0.15) is 0 Å². The third-order valence-corrected chi connectivity index (χ3v) is 5.21. The van der Waals surface area contributed by atoms with Crippen molar-refractivity contribution in [2.24, 2.45) is 4.99 Å². The van der Waals surface area contributed by atoms with Gasteiger partial charge >= 0.3 is 0 Å². The minimum absolute atomic E-state index is 0.0321. The molecular formula is C18H36N4O. The SMILES string of the molecule is CCCCN1CCCCC1CNC(=NC)NCC1(C)CCCO1. The van der Waals surface area contributed by atoms with E-state index in [1.54, 1.807) is 0 Å². The van der Waals surface area contributed by atoms with Gasteiger partial charge in [-0.3, -0.25) is 9.89 Å². The van der Waals surface area contributed by atoms with E-state index in [-0.39, 0.29) is 5.60 Å². The first-order valence-electron chi connectivity index (χ1n) is 9.49. The summed E-state index contributed by atoms with van der Waals surface area (Å²) in [5.41, 5.74) is -0.0321. The lowest BCUT2D eigenvalue weighted by molar-refractivity contribution is 0.0242. The molecule has 2 atom stereocenters. The zero-order valence-electron chi connectivity index (χ0n) is 15.4. The summed E-state index contributed by atoms with van der Waals surface area (Å²) in [4.78, 5) is 7.03. The summed E-state index contributed by atoms with van der Waals surface area (Å²) in [7, 11) is 1.85. The van der Waals surface area contributed by atoms with E-state index in [4.69, 9.17) is 4.74 Å². The van der Waals surface area contributed by atoms with Crippen molar-refractivity contribution in [2.45, 2.75) is 70.4 Å². The molecule has 2 rings (SSSR count). The van der Waals surface area contributed by atoms with Gasteiger partial charge in [0, 0.05) is 32.8 Å². The number of piperidine rings is 1. The van der Waals surface area contributed by atoms with Crippen LogP contribution in [0.25, 0.3) is 0 Å². The predicted molar refractivity (Wildman–Crippen MR) is 97.1 cm³/mol. The van der Waals surface area contributed by atoms with Gasteiger partial charge in [0.2, 0.25) is 0 Å². The van der Waals surface area contributed by atoms with Crippen LogP contribution in [0.4, 0.5) is 0 Å². The molecule has 5 heteroatoms. The molecule has 0 aromatic carbocycles. The highest BCUT2D eigenvalue weighted by Gasteiger charge is 2.30. The van der Waals surface area contributed by atoms with E-state index >= 15 is 0 Å². The van der Waals surface area contributed by atoms with E-state index in [1.165, 1.54) is 51.6 Å². The number of nitrogens with one attached hydrogen (secondary N) is 2. The van der Waals surface area contributed by atoms with Crippen LogP contribution in [0.2, 0.25) is 0 Å². The molecule has 2 aliphatic heterocycles. The van der Waals surface area contributed by atoms with Crippen LogP contribution in [0.15, 0.2) is 4.99 Å². The third kappa shape index (κ3) is 5.96. The van der Waals surface area contributed by atoms with Crippen molar-refractivity contribution in [1.29, 1.82) is 0 Å². The topological polar surface area (TPSA) is 48.9 Å². The lowest BCUT2D eigenvalue weighted by atomic mass is 10.0. The van der Waals surface area contributed by atoms with E-state index in [2.05, 4.69) is 34.4 Å². The Morgan fingerprint density at radius 3 is 2.87 bits per heavy atom. The summed E-state index contributed by atoms with van der Waals surface area (Å²) in [5, 5.41) is 6.97. The van der Waals surface area contributed by atoms with Gasteiger partial charge in [0.25, 0.3) is 0 Å². The van der Waals surface area contributed by atoms with Crippen LogP contribution in [0.5, 0.6) is 0 Å². The molecule has 5 nitrogen and oxygen atoms in total. The Morgan fingerprint density at radius 1 is 1.30 bits per heavy atom. The average molecular weight is 325 g/mol. The van der Waals surface area contributed by atoms with Crippen molar-refractivity contribution in [3.05, 3.63) is 0 Å². The molecular weight excluding hydrogens is 288 g/mol. The maximum absolute atomic E-state index is 5.84. The molecule has 2 saturated heterocycles. The van der Waals surface area contributed by atoms with E-state index in [0.29, 0.717) is 6.04 Å². The molecule has 0 amide bonds. The summed E-state index contributed by atoms with van der Waals surface area (Å²) in [6.45, 7) is 9.66. The van der Waals surface area contributed by atoms with Crippen molar-refractivity contribution >= 4 is 5.96 Å². The molecule has 0 aromatic heterocycles. The highest BCUT2D eigenvalue weighted by atomic mass is 16.5. The Bertz CT molecular complexity index is 366. The maximum Gasteiger partial charge on any atom is 0.191 e. The Morgan fingerprint density at radius 2 is 2.17 bits per heavy atom. The Balaban J connectivity index is 1.74. The highest BCUT2D eigenvalue weighted by Crippen LogP contribution is 2.23. The maximum atomic E-state index is 5.84. The normalized spacial score (nSPS) is 29.7. The fraction of sp³-hybridized carbons (Fsp3) is 0.944. The number of guanidine groups is 1. The number of hydrogen-bond donors (Lipinski definition) is 2. The first-order chi connectivity index (χ1) is 11.2. The minimum Gasteiger partial charge on any atom is -0.373 e. The minimum atomic E-state index is -0.0321. The molecule has 0 spiro atoms. The summed E-state index contributed by atoms with van der Waals surface area (Å²) >= 11 is 0. The largest absolute Gasteiger partial charge is 0.373 e. The van der Waals surface area contributed by atoms with Gasteiger partial charge < -0.3 is 15.4 Å². The van der Waals surface area contributed by atoms with Gasteiger partial charge in [0.05, 0.1) is 5.60 Å². The number of likely N-dealkylation sites (tertiary alicyclic amines) is 1. The molecule has 2 heterocycles. The fourth-order valence-corrected chi connectivity index (χ4v) is 3.63. The smallest absolute Gasteiger partial charge is 0.191 e. The predicted octanol–water partition coefficient (Wildman–Crippen LogP) is 2.38. The number of nitrogens with zero attached hydrogens (tertiary/aromatic N) is 2. The van der Waals surface area contributed by atoms with Crippen molar-refractivity contribution in [1.82, 2.24) is 15.5 Å². The first-order valence-corrected chi connectivity index (χ1v) is 9.49. The van der Waals surface area contributed by atoms with Gasteiger partial charge in [-0.25, -0.2) is 0 Å². The van der Waals surface area contributed by atoms with Crippen molar-refractivity contribution < 1.29 is 4.74 Å². The van der Waals surface area contributed by atoms with E-state index in [9.17, 15) is 0 Å². The van der Waals surface area contributed by atoms with E-state index in [1.807, 2.05) is 7.05 Å². The van der Waals surface area contributed by atoms with Crippen LogP contribution in [0, 0.1) is 0 Å². The zero-order chi connectivity index (χ0) is 16.5. The van der Waals surface area contributed by atoms with Gasteiger partial charge in [-0.2, -0.15) is 0 Å². The quantitative estimate of drug-likeness (QED) is 0.558. The van der Waals surface area contributed by atoms with Crippen molar-refractivity contribution in [3.63, 3.8) is 0 Å². The zero-order valence-corrected chi connectivity index (χ0v) is 15.4. The number of rotatable bonds is 7. The van der Waals surface area contributed by atoms with Crippen LogP contribution in [-0.2, 0) is 4.74 Å². The van der Waals surface area contributed by atoms with E-state index in [0.717, 1.165) is 32.1 Å². The standard InChI is InChI=1S/C18H36N4O/c1-4-5-11-22-12-7-6-9-16(22)14-20-17(19-3)21-15-18(2)10-8-13-23-18/h16H,4-15H2,1-3H3,(H2,19,20,21). The average Bonchev–Trinajstić information content (AvgIpc) is 3.01. The van der Waals surface area contributed by atoms with Crippen molar-refractivity contribution in [3.8, 4) is 0 Å². The lowest BCUT2D eigenvalue weighted by Crippen LogP contribution is -2.51. The number of unbranched alkanes of at least 4 members (excludes halogenated alkanes) is 1. The van der Waals surface area contributed by atoms with Gasteiger partial charge in [-0.05, 0) is 52.1 Å². The molecule has 0 aliphatic carbocycles. The van der Waals surface area contributed by atoms with Crippen LogP contribution in [0.1, 0.15) is 58.8 Å². The molecule has 0 saturated carbocycles. The Kier molecular flexibility index (Phi) is 7.63. The molecule has 0 aromatic rings. The second-order valence-electron chi connectivity index (χ2n) is 7.25. The summed E-state index contributed by atoms with van der Waals surface area (Å²) in [6.07, 6.45) is 8.88. The van der Waals surface area contributed by atoms with Crippen LogP contribution < -0.4 is 10.6 Å². The number of ether oxygens (including phenoxy) is 1. The summed E-state index contributed by atoms with van der Waals surface area (Å²) in [6, 6.07) is 0.646. The second kappa shape index (κ2) is 9.48. The van der Waals surface area contributed by atoms with Crippen LogP contribution in [-0.4, -0.2) is 62.3 Å². The van der Waals surface area contributed by atoms with Gasteiger partial charge in [-0.1, -0.05) is 19.8 Å². The molecule has 2 fully saturated rings. The van der Waals surface area contributed by atoms with Crippen molar-refractivity contribution in [2.75, 3.05) is 39.8 Å². The third-order valence-electron chi connectivity index (χ3n) is 5.21. The second-order valence-corrected chi connectivity index (χ2v) is 7.25. The molecule has 134 valence electrons.